The van der Waals surface area contributed by atoms with Gasteiger partial charge in [0.05, 0.1) is 8.95 Å². The van der Waals surface area contributed by atoms with E-state index in [0.29, 0.717) is 14.9 Å². The molecule has 1 aromatic rings. The smallest absolute Gasteiger partial charge is 0.143 e. The molecule has 0 unspecified atom stereocenters. The molecule has 0 bridgehead atoms. The molecular formula is C11H16Br2ClNO. The molecule has 92 valence electrons. The van der Waals surface area contributed by atoms with Crippen molar-refractivity contribution in [1.29, 1.82) is 0 Å². The molecule has 2 nitrogen and oxygen atoms in total. The van der Waals surface area contributed by atoms with Gasteiger partial charge < -0.3 is 10.8 Å². The fraction of sp³-hybridized carbons (Fsp3) is 0.455. The number of halogens is 3. The fourth-order valence-electron chi connectivity index (χ4n) is 1.44. The zero-order chi connectivity index (χ0) is 11.6. The molecule has 0 aliphatic carbocycles. The van der Waals surface area contributed by atoms with E-state index in [4.69, 9.17) is 5.73 Å². The first-order chi connectivity index (χ1) is 6.91. The van der Waals surface area contributed by atoms with Gasteiger partial charge in [-0.2, -0.15) is 0 Å². The Kier molecular flexibility index (Phi) is 6.94. The van der Waals surface area contributed by atoms with E-state index in [-0.39, 0.29) is 24.2 Å². The minimum Gasteiger partial charge on any atom is -0.506 e. The predicted octanol–water partition coefficient (Wildman–Crippen LogP) is 4.38. The molecule has 5 heteroatoms. The van der Waals surface area contributed by atoms with Gasteiger partial charge in [0, 0.05) is 6.04 Å². The number of phenols is 1. The maximum atomic E-state index is 9.56. The lowest BCUT2D eigenvalue weighted by Crippen LogP contribution is -2.12. The van der Waals surface area contributed by atoms with Gasteiger partial charge in [-0.15, -0.1) is 12.4 Å². The Morgan fingerprint density at radius 3 is 2.06 bits per heavy atom. The van der Waals surface area contributed by atoms with Crippen LogP contribution >= 0.6 is 44.3 Å². The summed E-state index contributed by atoms with van der Waals surface area (Å²) >= 11 is 6.59. The van der Waals surface area contributed by atoms with Crippen LogP contribution in [0.3, 0.4) is 0 Å². The van der Waals surface area contributed by atoms with Crippen LogP contribution in [-0.2, 0) is 0 Å². The quantitative estimate of drug-likeness (QED) is 0.826. The normalized spacial score (nSPS) is 12.4. The molecule has 0 radical (unpaired) electrons. The number of phenolic OH excluding ortho intramolecular Hbond substituents is 1. The van der Waals surface area contributed by atoms with E-state index in [1.807, 2.05) is 12.1 Å². The molecule has 0 spiro atoms. The molecule has 0 aliphatic heterocycles. The highest BCUT2D eigenvalue weighted by Crippen LogP contribution is 2.35. The van der Waals surface area contributed by atoms with Gasteiger partial charge in [-0.3, -0.25) is 0 Å². The van der Waals surface area contributed by atoms with Gasteiger partial charge >= 0.3 is 0 Å². The van der Waals surface area contributed by atoms with E-state index in [0.717, 1.165) is 12.0 Å². The summed E-state index contributed by atoms with van der Waals surface area (Å²) in [5.74, 6) is 0.779. The lowest BCUT2D eigenvalue weighted by Gasteiger charge is -2.15. The Hall–Kier alpha value is 0.230. The van der Waals surface area contributed by atoms with Crippen molar-refractivity contribution in [3.05, 3.63) is 26.6 Å². The summed E-state index contributed by atoms with van der Waals surface area (Å²) in [4.78, 5) is 0. The van der Waals surface area contributed by atoms with Crippen LogP contribution in [0, 0.1) is 5.92 Å². The Bertz CT molecular complexity index is 335. The van der Waals surface area contributed by atoms with Crippen LogP contribution in [0.15, 0.2) is 21.1 Å². The standard InChI is InChI=1S/C11H15Br2NO.ClH/c1-6(2)3-10(14)7-4-8(12)11(15)9(13)5-7;/h4-6,10,15H,3,14H2,1-2H3;1H/t10-;/m0./s1. The van der Waals surface area contributed by atoms with Crippen molar-refractivity contribution in [2.24, 2.45) is 11.7 Å². The Balaban J connectivity index is 0.00000225. The third kappa shape index (κ3) is 4.24. The van der Waals surface area contributed by atoms with Crippen LogP contribution in [0.1, 0.15) is 31.9 Å². The van der Waals surface area contributed by atoms with Gasteiger partial charge in [-0.25, -0.2) is 0 Å². The van der Waals surface area contributed by atoms with Gasteiger partial charge in [-0.05, 0) is 61.9 Å². The predicted molar refractivity (Wildman–Crippen MR) is 77.1 cm³/mol. The van der Waals surface area contributed by atoms with Crippen molar-refractivity contribution in [3.63, 3.8) is 0 Å². The average molecular weight is 374 g/mol. The molecule has 0 fully saturated rings. The first kappa shape index (κ1) is 16.2. The second-order valence-corrected chi connectivity index (χ2v) is 5.78. The summed E-state index contributed by atoms with van der Waals surface area (Å²) < 4.78 is 1.34. The second kappa shape index (κ2) is 6.84. The minimum absolute atomic E-state index is 0. The summed E-state index contributed by atoms with van der Waals surface area (Å²) in [6, 6.07) is 3.75. The minimum atomic E-state index is 0. The van der Waals surface area contributed by atoms with Crippen molar-refractivity contribution in [3.8, 4) is 5.75 Å². The molecule has 0 saturated carbocycles. The zero-order valence-corrected chi connectivity index (χ0v) is 13.2. The third-order valence-corrected chi connectivity index (χ3v) is 3.40. The number of hydrogen-bond acceptors (Lipinski definition) is 2. The summed E-state index contributed by atoms with van der Waals surface area (Å²) in [5, 5.41) is 9.56. The number of rotatable bonds is 3. The van der Waals surface area contributed by atoms with E-state index in [2.05, 4.69) is 45.7 Å². The lowest BCUT2D eigenvalue weighted by atomic mass is 9.98. The first-order valence-electron chi connectivity index (χ1n) is 4.85. The molecule has 3 N–H and O–H groups in total. The first-order valence-corrected chi connectivity index (χ1v) is 6.44. The average Bonchev–Trinajstić information content (AvgIpc) is 2.12. The van der Waals surface area contributed by atoms with Crippen molar-refractivity contribution >= 4 is 44.3 Å². The summed E-state index contributed by atoms with van der Waals surface area (Å²) in [6.45, 7) is 4.29. The van der Waals surface area contributed by atoms with Gasteiger partial charge in [0.1, 0.15) is 5.75 Å². The fourth-order valence-corrected chi connectivity index (χ4v) is 2.67. The van der Waals surface area contributed by atoms with Crippen molar-refractivity contribution in [1.82, 2.24) is 0 Å². The van der Waals surface area contributed by atoms with Crippen LogP contribution < -0.4 is 5.73 Å². The third-order valence-electron chi connectivity index (χ3n) is 2.19. The highest BCUT2D eigenvalue weighted by atomic mass is 79.9. The zero-order valence-electron chi connectivity index (χ0n) is 9.21. The molecule has 1 atom stereocenters. The largest absolute Gasteiger partial charge is 0.506 e. The van der Waals surface area contributed by atoms with E-state index in [9.17, 15) is 5.11 Å². The number of aromatic hydroxyl groups is 1. The van der Waals surface area contributed by atoms with Crippen LogP contribution in [0.25, 0.3) is 0 Å². The van der Waals surface area contributed by atoms with Gasteiger partial charge in [0.2, 0.25) is 0 Å². The highest BCUT2D eigenvalue weighted by molar-refractivity contribution is 9.11. The Labute approximate surface area is 119 Å². The molecule has 0 heterocycles. The van der Waals surface area contributed by atoms with Crippen molar-refractivity contribution in [2.75, 3.05) is 0 Å². The second-order valence-electron chi connectivity index (χ2n) is 4.07. The van der Waals surface area contributed by atoms with E-state index in [1.165, 1.54) is 0 Å². The summed E-state index contributed by atoms with van der Waals surface area (Å²) in [6.07, 6.45) is 0.934. The molecular weight excluding hydrogens is 357 g/mol. The Morgan fingerprint density at radius 1 is 1.25 bits per heavy atom. The van der Waals surface area contributed by atoms with Crippen LogP contribution in [0.2, 0.25) is 0 Å². The molecule has 0 saturated heterocycles. The maximum Gasteiger partial charge on any atom is 0.143 e. The molecule has 0 aliphatic rings. The van der Waals surface area contributed by atoms with Crippen LogP contribution in [0.4, 0.5) is 0 Å². The number of nitrogens with two attached hydrogens (primary N) is 1. The van der Waals surface area contributed by atoms with E-state index in [1.54, 1.807) is 0 Å². The SMILES string of the molecule is CC(C)C[C@H](N)c1cc(Br)c(O)c(Br)c1.Cl. The van der Waals surface area contributed by atoms with Crippen molar-refractivity contribution < 1.29 is 5.11 Å². The highest BCUT2D eigenvalue weighted by Gasteiger charge is 2.12. The van der Waals surface area contributed by atoms with Crippen LogP contribution in [0.5, 0.6) is 5.75 Å². The van der Waals surface area contributed by atoms with E-state index < -0.39 is 0 Å². The summed E-state index contributed by atoms with van der Waals surface area (Å²) in [5.41, 5.74) is 7.09. The lowest BCUT2D eigenvalue weighted by molar-refractivity contribution is 0.466. The topological polar surface area (TPSA) is 46.2 Å². The molecule has 16 heavy (non-hydrogen) atoms. The van der Waals surface area contributed by atoms with Gasteiger partial charge in [0.25, 0.3) is 0 Å². The maximum absolute atomic E-state index is 9.56. The monoisotopic (exact) mass is 371 g/mol. The van der Waals surface area contributed by atoms with Gasteiger partial charge in [-0.1, -0.05) is 13.8 Å². The van der Waals surface area contributed by atoms with E-state index >= 15 is 0 Å². The molecule has 1 rings (SSSR count). The Morgan fingerprint density at radius 2 is 1.69 bits per heavy atom. The van der Waals surface area contributed by atoms with Gasteiger partial charge in [0.15, 0.2) is 0 Å². The molecule has 0 aromatic heterocycles. The summed E-state index contributed by atoms with van der Waals surface area (Å²) in [7, 11) is 0. The molecule has 1 aromatic carbocycles. The van der Waals surface area contributed by atoms with Crippen molar-refractivity contribution in [2.45, 2.75) is 26.3 Å². The number of hydrogen-bond donors (Lipinski definition) is 2. The number of benzene rings is 1. The molecule has 0 amide bonds. The van der Waals surface area contributed by atoms with Crippen LogP contribution in [-0.4, -0.2) is 5.11 Å².